The van der Waals surface area contributed by atoms with Crippen molar-refractivity contribution in [2.24, 2.45) is 0 Å². The average molecular weight is 224 g/mol. The Bertz CT molecular complexity index is 295. The fourth-order valence-electron chi connectivity index (χ4n) is 0.998. The zero-order valence-corrected chi connectivity index (χ0v) is 8.54. The quantitative estimate of drug-likeness (QED) is 0.645. The molecule has 0 bridgehead atoms. The standard InChI is InChI=1S/C6H12N2O5S/c1-12-6(9)7-14(10,11)8-2-4-13-5-3-8/h2-5H2,1H3,(H,7,9). The van der Waals surface area contributed by atoms with Gasteiger partial charge in [-0.05, 0) is 0 Å². The molecule has 1 N–H and O–H groups in total. The summed E-state index contributed by atoms with van der Waals surface area (Å²) in [6.07, 6.45) is -0.989. The molecule has 0 saturated carbocycles. The van der Waals surface area contributed by atoms with E-state index in [4.69, 9.17) is 4.74 Å². The Morgan fingerprint density at radius 2 is 2.00 bits per heavy atom. The number of hydrogen-bond donors (Lipinski definition) is 1. The maximum absolute atomic E-state index is 11.4. The Morgan fingerprint density at radius 1 is 1.43 bits per heavy atom. The first kappa shape index (κ1) is 11.2. The summed E-state index contributed by atoms with van der Waals surface area (Å²) in [6.45, 7) is 1.16. The molecular weight excluding hydrogens is 212 g/mol. The zero-order valence-electron chi connectivity index (χ0n) is 7.73. The van der Waals surface area contributed by atoms with E-state index in [1.165, 1.54) is 0 Å². The molecule has 1 fully saturated rings. The Balaban J connectivity index is 2.59. The van der Waals surface area contributed by atoms with Crippen molar-refractivity contribution in [3.63, 3.8) is 0 Å². The van der Waals surface area contributed by atoms with Gasteiger partial charge in [-0.2, -0.15) is 12.7 Å². The summed E-state index contributed by atoms with van der Waals surface area (Å²) in [5.41, 5.74) is 0. The van der Waals surface area contributed by atoms with Crippen LogP contribution >= 0.6 is 0 Å². The first-order chi connectivity index (χ1) is 6.56. The lowest BCUT2D eigenvalue weighted by Crippen LogP contribution is -2.48. The van der Waals surface area contributed by atoms with E-state index >= 15 is 0 Å². The first-order valence-electron chi connectivity index (χ1n) is 4.00. The van der Waals surface area contributed by atoms with Crippen LogP contribution in [-0.4, -0.2) is 52.2 Å². The lowest BCUT2D eigenvalue weighted by molar-refractivity contribution is 0.0723. The highest BCUT2D eigenvalue weighted by Gasteiger charge is 2.26. The molecule has 1 aliphatic rings. The maximum Gasteiger partial charge on any atom is 0.421 e. The molecule has 0 spiro atoms. The second kappa shape index (κ2) is 4.58. The van der Waals surface area contributed by atoms with Crippen molar-refractivity contribution in [3.05, 3.63) is 0 Å². The zero-order chi connectivity index (χ0) is 10.6. The van der Waals surface area contributed by atoms with Crippen LogP contribution < -0.4 is 4.72 Å². The lowest BCUT2D eigenvalue weighted by Gasteiger charge is -2.25. The van der Waals surface area contributed by atoms with Crippen molar-refractivity contribution < 1.29 is 22.7 Å². The lowest BCUT2D eigenvalue weighted by atomic mass is 10.5. The van der Waals surface area contributed by atoms with Gasteiger partial charge in [0.25, 0.3) is 0 Å². The van der Waals surface area contributed by atoms with Crippen LogP contribution in [0.2, 0.25) is 0 Å². The SMILES string of the molecule is COC(=O)NS(=O)(=O)N1CCOCC1. The molecule has 8 heteroatoms. The summed E-state index contributed by atoms with van der Waals surface area (Å²) in [5, 5.41) is 0. The van der Waals surface area contributed by atoms with Crippen molar-refractivity contribution in [1.82, 2.24) is 9.03 Å². The fraction of sp³-hybridized carbons (Fsp3) is 0.833. The summed E-state index contributed by atoms with van der Waals surface area (Å²) in [4.78, 5) is 10.7. The molecule has 1 heterocycles. The second-order valence-electron chi connectivity index (χ2n) is 2.61. The number of ether oxygens (including phenoxy) is 2. The van der Waals surface area contributed by atoms with Gasteiger partial charge in [0.2, 0.25) is 0 Å². The molecule has 82 valence electrons. The second-order valence-corrected chi connectivity index (χ2v) is 4.28. The number of methoxy groups -OCH3 is 1. The van der Waals surface area contributed by atoms with Gasteiger partial charge in [0.05, 0.1) is 20.3 Å². The van der Waals surface area contributed by atoms with E-state index in [0.29, 0.717) is 13.2 Å². The van der Waals surface area contributed by atoms with E-state index in [1.807, 2.05) is 0 Å². The van der Waals surface area contributed by atoms with Crippen molar-refractivity contribution in [2.75, 3.05) is 33.4 Å². The van der Waals surface area contributed by atoms with Gasteiger partial charge in [0.1, 0.15) is 0 Å². The van der Waals surface area contributed by atoms with Gasteiger partial charge in [0, 0.05) is 13.1 Å². The van der Waals surface area contributed by atoms with E-state index in [2.05, 4.69) is 4.74 Å². The monoisotopic (exact) mass is 224 g/mol. The molecular formula is C6H12N2O5S. The number of amides is 1. The van der Waals surface area contributed by atoms with Crippen LogP contribution in [0.1, 0.15) is 0 Å². The number of carbonyl (C=O) groups is 1. The average Bonchev–Trinajstić information content (AvgIpc) is 2.18. The summed E-state index contributed by atoms with van der Waals surface area (Å²) in [6, 6.07) is 0. The predicted octanol–water partition coefficient (Wildman–Crippen LogP) is -1.08. The van der Waals surface area contributed by atoms with Gasteiger partial charge in [0.15, 0.2) is 0 Å². The van der Waals surface area contributed by atoms with Crippen LogP contribution in [0, 0.1) is 0 Å². The normalized spacial score (nSPS) is 18.9. The Kier molecular flexibility index (Phi) is 3.67. The van der Waals surface area contributed by atoms with E-state index < -0.39 is 16.3 Å². The Morgan fingerprint density at radius 3 is 2.50 bits per heavy atom. The third-order valence-corrected chi connectivity index (χ3v) is 3.18. The largest absolute Gasteiger partial charge is 0.452 e. The minimum Gasteiger partial charge on any atom is -0.452 e. The highest BCUT2D eigenvalue weighted by atomic mass is 32.2. The van der Waals surface area contributed by atoms with Crippen LogP contribution in [0.4, 0.5) is 4.79 Å². The highest BCUT2D eigenvalue weighted by Crippen LogP contribution is 2.02. The molecule has 0 unspecified atom stereocenters. The first-order valence-corrected chi connectivity index (χ1v) is 5.44. The predicted molar refractivity (Wildman–Crippen MR) is 46.9 cm³/mol. The highest BCUT2D eigenvalue weighted by molar-refractivity contribution is 7.87. The summed E-state index contributed by atoms with van der Waals surface area (Å²) in [5.74, 6) is 0. The van der Waals surface area contributed by atoms with E-state index in [0.717, 1.165) is 11.4 Å². The molecule has 0 aliphatic carbocycles. The molecule has 0 aromatic heterocycles. The number of carbonyl (C=O) groups excluding carboxylic acids is 1. The fourth-order valence-corrected chi connectivity index (χ4v) is 2.05. The van der Waals surface area contributed by atoms with E-state index in [1.54, 1.807) is 4.72 Å². The maximum atomic E-state index is 11.4. The van der Waals surface area contributed by atoms with E-state index in [-0.39, 0.29) is 13.1 Å². The number of nitrogens with one attached hydrogen (secondary N) is 1. The van der Waals surface area contributed by atoms with Crippen LogP contribution in [-0.2, 0) is 19.7 Å². The molecule has 14 heavy (non-hydrogen) atoms. The minimum absolute atomic E-state index is 0.242. The van der Waals surface area contributed by atoms with Crippen molar-refractivity contribution in [1.29, 1.82) is 0 Å². The third-order valence-electron chi connectivity index (χ3n) is 1.71. The summed E-state index contributed by atoms with van der Waals surface area (Å²) >= 11 is 0. The Hall–Kier alpha value is -0.860. The topological polar surface area (TPSA) is 84.9 Å². The number of nitrogens with zero attached hydrogens (tertiary/aromatic N) is 1. The van der Waals surface area contributed by atoms with Crippen molar-refractivity contribution in [3.8, 4) is 0 Å². The van der Waals surface area contributed by atoms with Crippen LogP contribution in [0.15, 0.2) is 0 Å². The van der Waals surface area contributed by atoms with Crippen molar-refractivity contribution in [2.45, 2.75) is 0 Å². The molecule has 1 amide bonds. The van der Waals surface area contributed by atoms with Gasteiger partial charge in [-0.3, -0.25) is 0 Å². The van der Waals surface area contributed by atoms with Gasteiger partial charge in [-0.25, -0.2) is 9.52 Å². The summed E-state index contributed by atoms with van der Waals surface area (Å²) in [7, 11) is -2.66. The van der Waals surface area contributed by atoms with Gasteiger partial charge >= 0.3 is 16.3 Å². The molecule has 0 radical (unpaired) electrons. The smallest absolute Gasteiger partial charge is 0.421 e. The number of rotatable bonds is 2. The van der Waals surface area contributed by atoms with Crippen molar-refractivity contribution >= 4 is 16.3 Å². The molecule has 0 aromatic carbocycles. The third kappa shape index (κ3) is 2.82. The van der Waals surface area contributed by atoms with Crippen LogP contribution in [0.5, 0.6) is 0 Å². The van der Waals surface area contributed by atoms with Crippen LogP contribution in [0.3, 0.4) is 0 Å². The number of hydrogen-bond acceptors (Lipinski definition) is 5. The van der Waals surface area contributed by atoms with Gasteiger partial charge in [-0.15, -0.1) is 0 Å². The number of morpholine rings is 1. The molecule has 1 saturated heterocycles. The minimum atomic E-state index is -3.77. The molecule has 1 rings (SSSR count). The molecule has 1 aliphatic heterocycles. The molecule has 0 aromatic rings. The summed E-state index contributed by atoms with van der Waals surface area (Å²) < 4.78 is 34.9. The molecule has 0 atom stereocenters. The van der Waals surface area contributed by atoms with Crippen LogP contribution in [0.25, 0.3) is 0 Å². The van der Waals surface area contributed by atoms with Gasteiger partial charge in [-0.1, -0.05) is 0 Å². The van der Waals surface area contributed by atoms with Gasteiger partial charge < -0.3 is 9.47 Å². The van der Waals surface area contributed by atoms with E-state index in [9.17, 15) is 13.2 Å². The Labute approximate surface area is 82.2 Å². The molecule has 7 nitrogen and oxygen atoms in total.